The van der Waals surface area contributed by atoms with Crippen LogP contribution in [0.3, 0.4) is 0 Å². The molecule has 0 aliphatic heterocycles. The quantitative estimate of drug-likeness (QED) is 0.355. The number of nitrogens with one attached hydrogen (secondary N) is 1. The van der Waals surface area contributed by atoms with E-state index in [0.717, 1.165) is 5.56 Å². The Labute approximate surface area is 177 Å². The molecule has 8 nitrogen and oxygen atoms in total. The van der Waals surface area contributed by atoms with Gasteiger partial charge in [0.05, 0.1) is 21.9 Å². The fourth-order valence-corrected chi connectivity index (χ4v) is 3.35. The van der Waals surface area contributed by atoms with E-state index >= 15 is 0 Å². The summed E-state index contributed by atoms with van der Waals surface area (Å²) in [6.07, 6.45) is 0. The van der Waals surface area contributed by atoms with Crippen molar-refractivity contribution >= 4 is 44.9 Å². The number of rotatable bonds is 8. The highest BCUT2D eigenvalue weighted by Crippen LogP contribution is 2.27. The van der Waals surface area contributed by atoms with E-state index in [2.05, 4.69) is 21.2 Å². The number of nitrogens with zero attached hydrogens (tertiary/aromatic N) is 2. The number of aryl methyl sites for hydroxylation is 1. The number of nitro benzene ring substituents is 1. The Morgan fingerprint density at radius 1 is 1.17 bits per heavy atom. The smallest absolute Gasteiger partial charge is 0.341 e. The van der Waals surface area contributed by atoms with Gasteiger partial charge in [-0.1, -0.05) is 6.07 Å². The number of nitro groups is 1. The first-order chi connectivity index (χ1) is 13.8. The minimum atomic E-state index is -0.797. The second-order valence-electron chi connectivity index (χ2n) is 6.24. The van der Waals surface area contributed by atoms with E-state index in [4.69, 9.17) is 4.74 Å². The standard InChI is InChI=1S/C20H22BrN3O5/c1-4-23(5-2)18-9-7-14(24(27)28)11-15(18)20(26)29-12-19(25)22-17-8-6-13(3)10-16(17)21/h6-11H,4-5,12H2,1-3H3,(H,22,25). The van der Waals surface area contributed by atoms with E-state index in [1.54, 1.807) is 6.07 Å². The lowest BCUT2D eigenvalue weighted by molar-refractivity contribution is -0.384. The maximum absolute atomic E-state index is 12.6. The molecule has 1 amide bonds. The molecule has 1 N–H and O–H groups in total. The average Bonchev–Trinajstić information content (AvgIpc) is 2.69. The summed E-state index contributed by atoms with van der Waals surface area (Å²) in [6.45, 7) is 6.44. The summed E-state index contributed by atoms with van der Waals surface area (Å²) in [6, 6.07) is 9.45. The van der Waals surface area contributed by atoms with E-state index in [1.165, 1.54) is 18.2 Å². The molecule has 0 saturated heterocycles. The monoisotopic (exact) mass is 463 g/mol. The molecule has 2 rings (SSSR count). The van der Waals surface area contributed by atoms with Crippen LogP contribution in [0.1, 0.15) is 29.8 Å². The van der Waals surface area contributed by atoms with Crippen molar-refractivity contribution in [1.82, 2.24) is 0 Å². The van der Waals surface area contributed by atoms with E-state index < -0.39 is 23.4 Å². The molecule has 0 unspecified atom stereocenters. The Morgan fingerprint density at radius 2 is 1.86 bits per heavy atom. The van der Waals surface area contributed by atoms with Gasteiger partial charge < -0.3 is 15.0 Å². The number of amides is 1. The summed E-state index contributed by atoms with van der Waals surface area (Å²) in [7, 11) is 0. The van der Waals surface area contributed by atoms with E-state index in [1.807, 2.05) is 37.8 Å². The number of esters is 1. The molecule has 0 heterocycles. The third-order valence-corrected chi connectivity index (χ3v) is 4.90. The fraction of sp³-hybridized carbons (Fsp3) is 0.300. The molecule has 2 aromatic rings. The first-order valence-corrected chi connectivity index (χ1v) is 9.82. The van der Waals surface area contributed by atoms with Crippen molar-refractivity contribution in [2.24, 2.45) is 0 Å². The summed E-state index contributed by atoms with van der Waals surface area (Å²) in [4.78, 5) is 37.1. The van der Waals surface area contributed by atoms with Gasteiger partial charge in [0.2, 0.25) is 0 Å². The third kappa shape index (κ3) is 5.77. The van der Waals surface area contributed by atoms with Crippen LogP contribution in [-0.4, -0.2) is 36.5 Å². The van der Waals surface area contributed by atoms with Crippen molar-refractivity contribution in [3.63, 3.8) is 0 Å². The predicted octanol–water partition coefficient (Wildman–Crippen LogP) is 4.31. The Kier molecular flexibility index (Phi) is 7.72. The molecule has 154 valence electrons. The number of carbonyl (C=O) groups is 2. The van der Waals surface area contributed by atoms with E-state index in [0.29, 0.717) is 28.9 Å². The number of benzene rings is 2. The van der Waals surface area contributed by atoms with Crippen LogP contribution < -0.4 is 10.2 Å². The Hall–Kier alpha value is -2.94. The maximum Gasteiger partial charge on any atom is 0.341 e. The molecule has 0 bridgehead atoms. The lowest BCUT2D eigenvalue weighted by Crippen LogP contribution is -2.26. The van der Waals surface area contributed by atoms with Crippen molar-refractivity contribution in [3.8, 4) is 0 Å². The van der Waals surface area contributed by atoms with Gasteiger partial charge in [-0.2, -0.15) is 0 Å². The third-order valence-electron chi connectivity index (χ3n) is 4.25. The Morgan fingerprint density at radius 3 is 2.45 bits per heavy atom. The Balaban J connectivity index is 2.15. The van der Waals surface area contributed by atoms with Gasteiger partial charge in [0.15, 0.2) is 6.61 Å². The molecule has 0 atom stereocenters. The first-order valence-electron chi connectivity index (χ1n) is 9.03. The van der Waals surface area contributed by atoms with Crippen LogP contribution in [0.15, 0.2) is 40.9 Å². The number of carbonyl (C=O) groups excluding carboxylic acids is 2. The number of halogens is 1. The first kappa shape index (κ1) is 22.4. The number of ether oxygens (including phenoxy) is 1. The summed E-state index contributed by atoms with van der Waals surface area (Å²) in [5, 5.41) is 13.7. The van der Waals surface area contributed by atoms with Crippen LogP contribution in [0.25, 0.3) is 0 Å². The second-order valence-corrected chi connectivity index (χ2v) is 7.09. The van der Waals surface area contributed by atoms with Crippen LogP contribution in [-0.2, 0) is 9.53 Å². The molecule has 0 saturated carbocycles. The van der Waals surface area contributed by atoms with Gasteiger partial charge in [0, 0.05) is 29.7 Å². The lowest BCUT2D eigenvalue weighted by Gasteiger charge is -2.23. The lowest BCUT2D eigenvalue weighted by atomic mass is 10.1. The summed E-state index contributed by atoms with van der Waals surface area (Å²) >= 11 is 3.36. The van der Waals surface area contributed by atoms with Crippen molar-refractivity contribution in [3.05, 3.63) is 62.1 Å². The highest BCUT2D eigenvalue weighted by Gasteiger charge is 2.21. The maximum atomic E-state index is 12.6. The molecule has 0 fully saturated rings. The molecule has 0 spiro atoms. The number of hydrogen-bond acceptors (Lipinski definition) is 6. The highest BCUT2D eigenvalue weighted by atomic mass is 79.9. The van der Waals surface area contributed by atoms with Gasteiger partial charge in [-0.25, -0.2) is 4.79 Å². The van der Waals surface area contributed by atoms with E-state index in [-0.39, 0.29) is 11.3 Å². The number of hydrogen-bond donors (Lipinski definition) is 1. The van der Waals surface area contributed by atoms with Gasteiger partial charge in [0.25, 0.3) is 11.6 Å². The molecule has 0 aromatic heterocycles. The van der Waals surface area contributed by atoms with Gasteiger partial charge in [-0.15, -0.1) is 0 Å². The molecule has 0 aliphatic rings. The van der Waals surface area contributed by atoms with Gasteiger partial charge >= 0.3 is 5.97 Å². The van der Waals surface area contributed by atoms with Crippen LogP contribution in [0, 0.1) is 17.0 Å². The predicted molar refractivity (Wildman–Crippen MR) is 114 cm³/mol. The van der Waals surface area contributed by atoms with Crippen molar-refractivity contribution in [2.45, 2.75) is 20.8 Å². The summed E-state index contributed by atoms with van der Waals surface area (Å²) in [5.74, 6) is -1.31. The average molecular weight is 464 g/mol. The molecular formula is C20H22BrN3O5. The fourth-order valence-electron chi connectivity index (χ4n) is 2.76. The zero-order chi connectivity index (χ0) is 21.6. The van der Waals surface area contributed by atoms with Gasteiger partial charge in [-0.05, 0) is 60.5 Å². The van der Waals surface area contributed by atoms with Crippen molar-refractivity contribution in [2.75, 3.05) is 29.9 Å². The molecule has 0 radical (unpaired) electrons. The van der Waals surface area contributed by atoms with Crippen molar-refractivity contribution < 1.29 is 19.2 Å². The van der Waals surface area contributed by atoms with Crippen LogP contribution in [0.4, 0.5) is 17.1 Å². The molecule has 0 aliphatic carbocycles. The molecule has 29 heavy (non-hydrogen) atoms. The van der Waals surface area contributed by atoms with Gasteiger partial charge in [-0.3, -0.25) is 14.9 Å². The minimum absolute atomic E-state index is 0.0483. The highest BCUT2D eigenvalue weighted by molar-refractivity contribution is 9.10. The largest absolute Gasteiger partial charge is 0.452 e. The minimum Gasteiger partial charge on any atom is -0.452 e. The zero-order valence-electron chi connectivity index (χ0n) is 16.4. The summed E-state index contributed by atoms with van der Waals surface area (Å²) < 4.78 is 5.83. The SMILES string of the molecule is CCN(CC)c1ccc([N+](=O)[O-])cc1C(=O)OCC(=O)Nc1ccc(C)cc1Br. The zero-order valence-corrected chi connectivity index (χ0v) is 18.0. The van der Waals surface area contributed by atoms with Crippen LogP contribution in [0.5, 0.6) is 0 Å². The number of non-ortho nitro benzene ring substituents is 1. The van der Waals surface area contributed by atoms with Crippen molar-refractivity contribution in [1.29, 1.82) is 0 Å². The Bertz CT molecular complexity index is 928. The molecular weight excluding hydrogens is 442 g/mol. The molecule has 2 aromatic carbocycles. The van der Waals surface area contributed by atoms with Crippen LogP contribution >= 0.6 is 15.9 Å². The van der Waals surface area contributed by atoms with Crippen LogP contribution in [0.2, 0.25) is 0 Å². The van der Waals surface area contributed by atoms with Gasteiger partial charge in [0.1, 0.15) is 0 Å². The number of anilines is 2. The normalized spacial score (nSPS) is 10.3. The topological polar surface area (TPSA) is 102 Å². The van der Waals surface area contributed by atoms with E-state index in [9.17, 15) is 19.7 Å². The molecule has 9 heteroatoms. The second kappa shape index (κ2) is 10.0. The summed E-state index contributed by atoms with van der Waals surface area (Å²) in [5.41, 5.74) is 1.92.